The van der Waals surface area contributed by atoms with E-state index in [0.29, 0.717) is 6.04 Å². The number of nitrogens with zero attached hydrogens (tertiary/aromatic N) is 4. The Morgan fingerprint density at radius 3 is 2.88 bits per heavy atom. The second-order valence-electron chi connectivity index (χ2n) is 7.45. The van der Waals surface area contributed by atoms with Crippen molar-refractivity contribution in [1.82, 2.24) is 25.2 Å². The molecule has 1 aliphatic carbocycles. The zero-order chi connectivity index (χ0) is 16.8. The summed E-state index contributed by atoms with van der Waals surface area (Å²) in [4.78, 5) is 19.5. The quantitative estimate of drug-likeness (QED) is 0.852. The van der Waals surface area contributed by atoms with E-state index in [4.69, 9.17) is 4.98 Å². The molecule has 1 saturated heterocycles. The molecule has 0 aromatic carbocycles. The van der Waals surface area contributed by atoms with Crippen LogP contribution in [0.15, 0.2) is 12.3 Å². The van der Waals surface area contributed by atoms with E-state index in [1.165, 1.54) is 17.7 Å². The lowest BCUT2D eigenvalue weighted by atomic mass is 9.91. The minimum atomic E-state index is 0.0962. The Labute approximate surface area is 146 Å². The topological polar surface area (TPSA) is 74.6 Å². The van der Waals surface area contributed by atoms with Crippen molar-refractivity contribution in [1.29, 1.82) is 0 Å². The summed E-state index contributed by atoms with van der Waals surface area (Å²) in [5.41, 5.74) is 3.37. The summed E-state index contributed by atoms with van der Waals surface area (Å²) in [5, 5.41) is 11.1. The molecule has 0 atom stereocenters. The Morgan fingerprint density at radius 1 is 1.24 bits per heavy atom. The molecule has 0 bridgehead atoms. The number of amides is 1. The van der Waals surface area contributed by atoms with Crippen LogP contribution in [0.1, 0.15) is 30.5 Å². The van der Waals surface area contributed by atoms with Gasteiger partial charge in [0.05, 0.1) is 17.8 Å². The van der Waals surface area contributed by atoms with Gasteiger partial charge in [0.1, 0.15) is 5.82 Å². The van der Waals surface area contributed by atoms with Crippen molar-refractivity contribution < 1.29 is 4.79 Å². The zero-order valence-electron chi connectivity index (χ0n) is 14.4. The molecule has 2 aliphatic heterocycles. The molecule has 4 heterocycles. The van der Waals surface area contributed by atoms with Crippen molar-refractivity contribution in [3.05, 3.63) is 23.5 Å². The Hall–Kier alpha value is -2.15. The Bertz CT molecular complexity index is 805. The molecule has 132 valence electrons. The van der Waals surface area contributed by atoms with Gasteiger partial charge < -0.3 is 15.5 Å². The molecule has 0 radical (unpaired) electrons. The number of aromatic nitrogens is 3. The minimum absolute atomic E-state index is 0.0962. The molecular weight excluding hydrogens is 316 g/mol. The number of anilines is 1. The van der Waals surface area contributed by atoms with Crippen LogP contribution in [0.25, 0.3) is 5.65 Å². The van der Waals surface area contributed by atoms with Crippen LogP contribution >= 0.6 is 0 Å². The smallest absolute Gasteiger partial charge is 0.226 e. The molecule has 7 heteroatoms. The van der Waals surface area contributed by atoms with Gasteiger partial charge in [-0.2, -0.15) is 9.61 Å². The second kappa shape index (κ2) is 5.98. The number of carbonyl (C=O) groups is 1. The molecule has 2 aromatic heterocycles. The van der Waals surface area contributed by atoms with Gasteiger partial charge in [-0.15, -0.1) is 0 Å². The van der Waals surface area contributed by atoms with E-state index in [0.717, 1.165) is 63.3 Å². The van der Waals surface area contributed by atoms with Crippen LogP contribution < -0.4 is 15.5 Å². The van der Waals surface area contributed by atoms with Gasteiger partial charge >= 0.3 is 0 Å². The summed E-state index contributed by atoms with van der Waals surface area (Å²) in [6.45, 7) is 3.48. The first kappa shape index (κ1) is 15.1. The molecule has 3 aliphatic rings. The van der Waals surface area contributed by atoms with Crippen molar-refractivity contribution in [2.75, 3.05) is 31.1 Å². The predicted molar refractivity (Wildman–Crippen MR) is 94.7 cm³/mol. The molecule has 2 aromatic rings. The lowest BCUT2D eigenvalue weighted by molar-refractivity contribution is -0.127. The minimum Gasteiger partial charge on any atom is -0.354 e. The molecule has 2 fully saturated rings. The summed E-state index contributed by atoms with van der Waals surface area (Å²) in [6, 6.07) is 2.38. The largest absolute Gasteiger partial charge is 0.354 e. The molecule has 7 nitrogen and oxygen atoms in total. The van der Waals surface area contributed by atoms with Crippen molar-refractivity contribution in [3.8, 4) is 0 Å². The Balaban J connectivity index is 1.40. The SMILES string of the molecule is O=C(NC1CCC1)C1CN(c2c3c(nc4ccnn24)CCNCC3)C1. The average molecular weight is 340 g/mol. The van der Waals surface area contributed by atoms with E-state index in [9.17, 15) is 4.79 Å². The van der Waals surface area contributed by atoms with Crippen molar-refractivity contribution in [2.45, 2.75) is 38.1 Å². The summed E-state index contributed by atoms with van der Waals surface area (Å²) < 4.78 is 1.95. The van der Waals surface area contributed by atoms with Crippen LogP contribution in [-0.4, -0.2) is 52.7 Å². The normalized spacial score (nSPS) is 21.4. The van der Waals surface area contributed by atoms with Crippen LogP contribution in [0.2, 0.25) is 0 Å². The third-order valence-corrected chi connectivity index (χ3v) is 5.78. The summed E-state index contributed by atoms with van der Waals surface area (Å²) >= 11 is 0. The summed E-state index contributed by atoms with van der Waals surface area (Å²) in [7, 11) is 0. The van der Waals surface area contributed by atoms with Gasteiger partial charge in [-0.05, 0) is 32.2 Å². The fraction of sp³-hybridized carbons (Fsp3) is 0.611. The number of hydrogen-bond acceptors (Lipinski definition) is 5. The first-order valence-electron chi connectivity index (χ1n) is 9.41. The fourth-order valence-corrected chi connectivity index (χ4v) is 4.03. The third kappa shape index (κ3) is 2.57. The van der Waals surface area contributed by atoms with E-state index in [-0.39, 0.29) is 11.8 Å². The third-order valence-electron chi connectivity index (χ3n) is 5.78. The first-order valence-corrected chi connectivity index (χ1v) is 9.41. The van der Waals surface area contributed by atoms with E-state index in [1.54, 1.807) is 0 Å². The highest BCUT2D eigenvalue weighted by Crippen LogP contribution is 2.31. The van der Waals surface area contributed by atoms with Crippen molar-refractivity contribution in [3.63, 3.8) is 0 Å². The first-order chi connectivity index (χ1) is 12.3. The monoisotopic (exact) mass is 340 g/mol. The maximum Gasteiger partial charge on any atom is 0.226 e. The van der Waals surface area contributed by atoms with E-state index in [2.05, 4.69) is 20.6 Å². The van der Waals surface area contributed by atoms with E-state index >= 15 is 0 Å². The maximum atomic E-state index is 12.4. The second-order valence-corrected chi connectivity index (χ2v) is 7.45. The molecule has 1 amide bonds. The fourth-order valence-electron chi connectivity index (χ4n) is 4.03. The van der Waals surface area contributed by atoms with Gasteiger partial charge in [0.2, 0.25) is 5.91 Å². The number of rotatable bonds is 3. The Kier molecular flexibility index (Phi) is 3.62. The van der Waals surface area contributed by atoms with Crippen molar-refractivity contribution in [2.24, 2.45) is 5.92 Å². The number of hydrogen-bond donors (Lipinski definition) is 2. The van der Waals surface area contributed by atoms with Crippen LogP contribution in [0.3, 0.4) is 0 Å². The van der Waals surface area contributed by atoms with Gasteiger partial charge in [-0.1, -0.05) is 0 Å². The van der Waals surface area contributed by atoms with Gasteiger partial charge in [-0.3, -0.25) is 4.79 Å². The van der Waals surface area contributed by atoms with Crippen LogP contribution in [0.4, 0.5) is 5.82 Å². The number of nitrogens with one attached hydrogen (secondary N) is 2. The standard InChI is InChI=1S/C18H24N6O/c25-17(21-13-2-1-3-13)12-10-23(11-12)18-14-4-7-19-8-5-15(14)22-16-6-9-20-24(16)18/h6,9,12-13,19H,1-5,7-8,10-11H2,(H,21,25). The highest BCUT2D eigenvalue weighted by molar-refractivity contribution is 5.82. The molecule has 0 unspecified atom stereocenters. The molecule has 1 saturated carbocycles. The maximum absolute atomic E-state index is 12.4. The van der Waals surface area contributed by atoms with Crippen molar-refractivity contribution >= 4 is 17.4 Å². The van der Waals surface area contributed by atoms with Crippen LogP contribution in [0.5, 0.6) is 0 Å². The molecule has 2 N–H and O–H groups in total. The Morgan fingerprint density at radius 2 is 2.08 bits per heavy atom. The average Bonchev–Trinajstić information content (AvgIpc) is 2.86. The van der Waals surface area contributed by atoms with Gasteiger partial charge in [0, 0.05) is 43.7 Å². The molecule has 0 spiro atoms. The number of fused-ring (bicyclic) bond motifs is 2. The lowest BCUT2D eigenvalue weighted by Crippen LogP contribution is -2.56. The molecule has 25 heavy (non-hydrogen) atoms. The zero-order valence-corrected chi connectivity index (χ0v) is 14.4. The van der Waals surface area contributed by atoms with E-state index in [1.807, 2.05) is 16.8 Å². The molecule has 5 rings (SSSR count). The van der Waals surface area contributed by atoms with Crippen LogP contribution in [-0.2, 0) is 17.6 Å². The van der Waals surface area contributed by atoms with Gasteiger partial charge in [-0.25, -0.2) is 4.98 Å². The van der Waals surface area contributed by atoms with Crippen LogP contribution in [0, 0.1) is 5.92 Å². The van der Waals surface area contributed by atoms with Gasteiger partial charge in [0.25, 0.3) is 0 Å². The van der Waals surface area contributed by atoms with Gasteiger partial charge in [0.15, 0.2) is 5.65 Å². The highest BCUT2D eigenvalue weighted by Gasteiger charge is 2.37. The number of carbonyl (C=O) groups excluding carboxylic acids is 1. The summed E-state index contributed by atoms with van der Waals surface area (Å²) in [6.07, 6.45) is 7.24. The molecular formula is C18H24N6O. The van der Waals surface area contributed by atoms with E-state index < -0.39 is 0 Å². The highest BCUT2D eigenvalue weighted by atomic mass is 16.2. The predicted octanol–water partition coefficient (Wildman–Crippen LogP) is 0.522. The summed E-state index contributed by atoms with van der Waals surface area (Å²) in [5.74, 6) is 1.46. The lowest BCUT2D eigenvalue weighted by Gasteiger charge is -2.42.